The molecule has 0 unspecified atom stereocenters. The third-order valence-corrected chi connectivity index (χ3v) is 3.62. The summed E-state index contributed by atoms with van der Waals surface area (Å²) in [4.78, 5) is 4.89. The van der Waals surface area contributed by atoms with Gasteiger partial charge in [-0.1, -0.05) is 11.8 Å². The summed E-state index contributed by atoms with van der Waals surface area (Å²) in [7, 11) is 1.60. The van der Waals surface area contributed by atoms with Crippen LogP contribution in [0.25, 0.3) is 0 Å². The van der Waals surface area contributed by atoms with E-state index >= 15 is 0 Å². The van der Waals surface area contributed by atoms with Gasteiger partial charge in [-0.3, -0.25) is 0 Å². The van der Waals surface area contributed by atoms with Crippen molar-refractivity contribution < 1.29 is 4.74 Å². The lowest BCUT2D eigenvalue weighted by molar-refractivity contribution is 0.413. The minimum Gasteiger partial charge on any atom is -0.497 e. The predicted molar refractivity (Wildman–Crippen MR) is 61.7 cm³/mol. The molecule has 2 aromatic rings. The van der Waals surface area contributed by atoms with Gasteiger partial charge in [-0.25, -0.2) is 4.98 Å². The van der Waals surface area contributed by atoms with Crippen LogP contribution in [-0.2, 0) is 0 Å². The monoisotopic (exact) mass is 249 g/mol. The van der Waals surface area contributed by atoms with Crippen LogP contribution in [0.15, 0.2) is 33.8 Å². The second-order valence-corrected chi connectivity index (χ2v) is 4.85. The summed E-state index contributed by atoms with van der Waals surface area (Å²) in [5.74, 6) is 0.728. The topological polar surface area (TPSA) is 58.8 Å². The standard InChI is InChI=1S/C10H7N3OS2/c1-14-8-3-2-7(5-11)9(4-8)15-10-12-6-13-16-10/h2-4,6H,1H3. The van der Waals surface area contributed by atoms with Crippen LogP contribution in [0.5, 0.6) is 5.75 Å². The Bertz CT molecular complexity index is 519. The van der Waals surface area contributed by atoms with Crippen molar-refractivity contribution in [2.45, 2.75) is 9.24 Å². The van der Waals surface area contributed by atoms with E-state index in [-0.39, 0.29) is 0 Å². The number of aromatic nitrogens is 2. The van der Waals surface area contributed by atoms with E-state index in [1.165, 1.54) is 29.6 Å². The van der Waals surface area contributed by atoms with Gasteiger partial charge in [0.25, 0.3) is 0 Å². The summed E-state index contributed by atoms with van der Waals surface area (Å²) in [6.45, 7) is 0. The number of methoxy groups -OCH3 is 1. The SMILES string of the molecule is COc1ccc(C#N)c(Sc2ncns2)c1. The molecule has 0 fully saturated rings. The highest BCUT2D eigenvalue weighted by Crippen LogP contribution is 2.33. The molecule has 1 aromatic heterocycles. The van der Waals surface area contributed by atoms with Gasteiger partial charge in [0.1, 0.15) is 18.1 Å². The Kier molecular flexibility index (Phi) is 3.39. The first-order valence-corrected chi connectivity index (χ1v) is 5.95. The van der Waals surface area contributed by atoms with E-state index in [9.17, 15) is 0 Å². The third kappa shape index (κ3) is 2.32. The number of nitriles is 1. The summed E-state index contributed by atoms with van der Waals surface area (Å²) in [6.07, 6.45) is 1.50. The predicted octanol–water partition coefficient (Wildman–Crippen LogP) is 2.57. The van der Waals surface area contributed by atoms with Crippen LogP contribution in [0.3, 0.4) is 0 Å². The maximum Gasteiger partial charge on any atom is 0.174 e. The number of rotatable bonds is 3. The molecule has 16 heavy (non-hydrogen) atoms. The average molecular weight is 249 g/mol. The first kappa shape index (κ1) is 10.9. The van der Waals surface area contributed by atoms with Gasteiger partial charge in [0.05, 0.1) is 12.7 Å². The second kappa shape index (κ2) is 4.96. The van der Waals surface area contributed by atoms with Gasteiger partial charge in [-0.15, -0.1) is 0 Å². The molecule has 1 heterocycles. The molecule has 0 aliphatic carbocycles. The van der Waals surface area contributed by atoms with E-state index in [0.29, 0.717) is 5.56 Å². The zero-order valence-corrected chi connectivity index (χ0v) is 10.0. The molecule has 0 saturated heterocycles. The van der Waals surface area contributed by atoms with Crippen LogP contribution in [0.4, 0.5) is 0 Å². The number of hydrogen-bond acceptors (Lipinski definition) is 6. The number of benzene rings is 1. The Hall–Kier alpha value is -1.58. The highest BCUT2D eigenvalue weighted by Gasteiger charge is 2.07. The Morgan fingerprint density at radius 2 is 2.38 bits per heavy atom. The molecule has 0 N–H and O–H groups in total. The van der Waals surface area contributed by atoms with E-state index in [4.69, 9.17) is 10.00 Å². The minimum absolute atomic E-state index is 0.612. The normalized spacial score (nSPS) is 9.75. The van der Waals surface area contributed by atoms with Gasteiger partial charge in [0.15, 0.2) is 4.34 Å². The molecule has 0 aliphatic heterocycles. The molecule has 4 nitrogen and oxygen atoms in total. The van der Waals surface area contributed by atoms with Crippen LogP contribution in [0.2, 0.25) is 0 Å². The maximum absolute atomic E-state index is 8.97. The largest absolute Gasteiger partial charge is 0.497 e. The summed E-state index contributed by atoms with van der Waals surface area (Å²) in [5.41, 5.74) is 0.612. The van der Waals surface area contributed by atoms with Crippen LogP contribution in [0.1, 0.15) is 5.56 Å². The summed E-state index contributed by atoms with van der Waals surface area (Å²) >= 11 is 2.72. The van der Waals surface area contributed by atoms with Crippen molar-refractivity contribution >= 4 is 23.3 Å². The van der Waals surface area contributed by atoms with E-state index in [1.54, 1.807) is 19.2 Å². The first-order chi connectivity index (χ1) is 7.83. The van der Waals surface area contributed by atoms with Gasteiger partial charge >= 0.3 is 0 Å². The minimum atomic E-state index is 0.612. The van der Waals surface area contributed by atoms with Crippen LogP contribution in [0, 0.1) is 11.3 Å². The van der Waals surface area contributed by atoms with E-state index in [0.717, 1.165) is 15.0 Å². The lowest BCUT2D eigenvalue weighted by atomic mass is 10.2. The molecule has 0 amide bonds. The fourth-order valence-electron chi connectivity index (χ4n) is 1.11. The third-order valence-electron chi connectivity index (χ3n) is 1.85. The lowest BCUT2D eigenvalue weighted by Crippen LogP contribution is -1.86. The molecular formula is C10H7N3OS2. The number of nitrogens with zero attached hydrogens (tertiary/aromatic N) is 3. The van der Waals surface area contributed by atoms with Crippen molar-refractivity contribution in [2.75, 3.05) is 7.11 Å². The maximum atomic E-state index is 8.97. The molecule has 80 valence electrons. The van der Waals surface area contributed by atoms with Gasteiger partial charge in [-0.05, 0) is 29.7 Å². The molecule has 6 heteroatoms. The van der Waals surface area contributed by atoms with E-state index in [1.807, 2.05) is 6.07 Å². The second-order valence-electron chi connectivity index (χ2n) is 2.78. The Labute approximate surface area is 101 Å². The summed E-state index contributed by atoms with van der Waals surface area (Å²) < 4.78 is 9.84. The van der Waals surface area contributed by atoms with Crippen molar-refractivity contribution in [2.24, 2.45) is 0 Å². The van der Waals surface area contributed by atoms with Crippen molar-refractivity contribution in [3.63, 3.8) is 0 Å². The van der Waals surface area contributed by atoms with Crippen LogP contribution >= 0.6 is 23.3 Å². The van der Waals surface area contributed by atoms with Crippen molar-refractivity contribution in [3.8, 4) is 11.8 Å². The van der Waals surface area contributed by atoms with Gasteiger partial charge in [0.2, 0.25) is 0 Å². The van der Waals surface area contributed by atoms with Crippen LogP contribution < -0.4 is 4.74 Å². The zero-order valence-electron chi connectivity index (χ0n) is 8.38. The molecular weight excluding hydrogens is 242 g/mol. The molecule has 0 spiro atoms. The van der Waals surface area contributed by atoms with Gasteiger partial charge < -0.3 is 4.74 Å². The lowest BCUT2D eigenvalue weighted by Gasteiger charge is -2.04. The van der Waals surface area contributed by atoms with E-state index in [2.05, 4.69) is 15.4 Å². The van der Waals surface area contributed by atoms with Crippen molar-refractivity contribution in [1.29, 1.82) is 5.26 Å². The molecule has 0 saturated carbocycles. The average Bonchev–Trinajstić information content (AvgIpc) is 2.82. The highest BCUT2D eigenvalue weighted by atomic mass is 32.2. The Morgan fingerprint density at radius 1 is 1.50 bits per heavy atom. The fraction of sp³-hybridized carbons (Fsp3) is 0.100. The summed E-state index contributed by atoms with van der Waals surface area (Å²) in [5, 5.41) is 8.97. The molecule has 0 radical (unpaired) electrons. The Morgan fingerprint density at radius 3 is 3.00 bits per heavy atom. The molecule has 2 rings (SSSR count). The van der Waals surface area contributed by atoms with E-state index < -0.39 is 0 Å². The molecule has 1 aromatic carbocycles. The van der Waals surface area contributed by atoms with Gasteiger partial charge in [0, 0.05) is 4.90 Å². The summed E-state index contributed by atoms with van der Waals surface area (Å²) in [6, 6.07) is 7.47. The molecule has 0 aliphatic rings. The number of hydrogen-bond donors (Lipinski definition) is 0. The molecule has 0 bridgehead atoms. The number of ether oxygens (including phenoxy) is 1. The quantitative estimate of drug-likeness (QED) is 0.836. The molecule has 0 atom stereocenters. The fourth-order valence-corrected chi connectivity index (χ4v) is 2.62. The zero-order chi connectivity index (χ0) is 11.4. The highest BCUT2D eigenvalue weighted by molar-refractivity contribution is 8.01. The van der Waals surface area contributed by atoms with Gasteiger partial charge in [-0.2, -0.15) is 9.64 Å². The van der Waals surface area contributed by atoms with Crippen molar-refractivity contribution in [1.82, 2.24) is 9.36 Å². The smallest absolute Gasteiger partial charge is 0.174 e. The Balaban J connectivity index is 2.34. The van der Waals surface area contributed by atoms with Crippen LogP contribution in [-0.4, -0.2) is 16.5 Å². The first-order valence-electron chi connectivity index (χ1n) is 4.36. The van der Waals surface area contributed by atoms with Crippen molar-refractivity contribution in [3.05, 3.63) is 30.1 Å².